The molecule has 0 bridgehead atoms. The van der Waals surface area contributed by atoms with E-state index in [1.807, 2.05) is 43.8 Å². The quantitative estimate of drug-likeness (QED) is 0.509. The summed E-state index contributed by atoms with van der Waals surface area (Å²) < 4.78 is 7.59. The van der Waals surface area contributed by atoms with Gasteiger partial charge in [0.15, 0.2) is 10.9 Å². The standard InChI is InChI=1S/C22H26N4O3S/c1-4-15(2)25-20(27)17-7-5-6-16(12-17)13-24-21(28)19-9-8-18(29-19)14-30-22-23-10-11-26(22)3/h5-12,15H,4,13-14H2,1-3H3,(H,24,28)(H,25,27). The molecule has 0 radical (unpaired) electrons. The Morgan fingerprint density at radius 3 is 2.80 bits per heavy atom. The molecular weight excluding hydrogens is 400 g/mol. The average Bonchev–Trinajstić information content (AvgIpc) is 3.39. The fourth-order valence-corrected chi connectivity index (χ4v) is 3.53. The van der Waals surface area contributed by atoms with Gasteiger partial charge in [0.1, 0.15) is 5.76 Å². The van der Waals surface area contributed by atoms with Gasteiger partial charge in [0.05, 0.1) is 5.75 Å². The van der Waals surface area contributed by atoms with Gasteiger partial charge < -0.3 is 19.6 Å². The van der Waals surface area contributed by atoms with Crippen molar-refractivity contribution >= 4 is 23.6 Å². The van der Waals surface area contributed by atoms with Crippen LogP contribution < -0.4 is 10.6 Å². The minimum Gasteiger partial charge on any atom is -0.455 e. The van der Waals surface area contributed by atoms with E-state index >= 15 is 0 Å². The molecule has 0 aliphatic carbocycles. The first-order chi connectivity index (χ1) is 14.5. The minimum atomic E-state index is -0.294. The van der Waals surface area contributed by atoms with E-state index in [9.17, 15) is 9.59 Å². The van der Waals surface area contributed by atoms with E-state index in [1.165, 1.54) is 0 Å². The Kier molecular flexibility index (Phi) is 7.35. The molecule has 1 aromatic carbocycles. The number of carbonyl (C=O) groups excluding carboxylic acids is 2. The zero-order valence-electron chi connectivity index (χ0n) is 17.3. The highest BCUT2D eigenvalue weighted by Gasteiger charge is 2.13. The largest absolute Gasteiger partial charge is 0.455 e. The number of thioether (sulfide) groups is 1. The van der Waals surface area contributed by atoms with Gasteiger partial charge in [0.2, 0.25) is 0 Å². The van der Waals surface area contributed by atoms with Gasteiger partial charge in [-0.25, -0.2) is 4.98 Å². The topological polar surface area (TPSA) is 89.2 Å². The number of carbonyl (C=O) groups is 2. The van der Waals surface area contributed by atoms with Crippen LogP contribution in [0.15, 0.2) is 58.4 Å². The molecule has 3 rings (SSSR count). The maximum atomic E-state index is 12.4. The molecule has 2 amide bonds. The van der Waals surface area contributed by atoms with Gasteiger partial charge >= 0.3 is 0 Å². The maximum Gasteiger partial charge on any atom is 0.287 e. The molecule has 3 aromatic rings. The minimum absolute atomic E-state index is 0.113. The monoisotopic (exact) mass is 426 g/mol. The lowest BCUT2D eigenvalue weighted by atomic mass is 10.1. The molecule has 7 nitrogen and oxygen atoms in total. The van der Waals surface area contributed by atoms with Gasteiger partial charge in [0, 0.05) is 37.6 Å². The molecule has 1 unspecified atom stereocenters. The second kappa shape index (κ2) is 10.2. The van der Waals surface area contributed by atoms with Crippen LogP contribution in [0.3, 0.4) is 0 Å². The van der Waals surface area contributed by atoms with Crippen molar-refractivity contribution in [1.29, 1.82) is 0 Å². The smallest absolute Gasteiger partial charge is 0.287 e. The van der Waals surface area contributed by atoms with Crippen molar-refractivity contribution in [3.05, 3.63) is 71.4 Å². The molecule has 0 saturated carbocycles. The van der Waals surface area contributed by atoms with Crippen LogP contribution in [-0.4, -0.2) is 27.4 Å². The molecule has 2 aromatic heterocycles. The van der Waals surface area contributed by atoms with Crippen LogP contribution in [0.5, 0.6) is 0 Å². The number of amides is 2. The van der Waals surface area contributed by atoms with Crippen molar-refractivity contribution in [2.45, 2.75) is 43.8 Å². The first kappa shape index (κ1) is 21.7. The number of nitrogens with one attached hydrogen (secondary N) is 2. The van der Waals surface area contributed by atoms with Gasteiger partial charge in [-0.15, -0.1) is 0 Å². The normalized spacial score (nSPS) is 11.8. The third kappa shape index (κ3) is 5.76. The highest BCUT2D eigenvalue weighted by atomic mass is 32.2. The molecule has 0 fully saturated rings. The predicted molar refractivity (Wildman–Crippen MR) is 116 cm³/mol. The van der Waals surface area contributed by atoms with E-state index in [0.29, 0.717) is 23.6 Å². The van der Waals surface area contributed by atoms with E-state index in [4.69, 9.17) is 4.42 Å². The van der Waals surface area contributed by atoms with Gasteiger partial charge in [-0.3, -0.25) is 9.59 Å². The Labute approximate surface area is 180 Å². The van der Waals surface area contributed by atoms with Gasteiger partial charge in [-0.1, -0.05) is 30.8 Å². The first-order valence-electron chi connectivity index (χ1n) is 9.83. The predicted octanol–water partition coefficient (Wildman–Crippen LogP) is 3.76. The Morgan fingerprint density at radius 2 is 2.07 bits per heavy atom. The Balaban J connectivity index is 1.53. The number of imidazole rings is 1. The van der Waals surface area contributed by atoms with Crippen LogP contribution in [0.1, 0.15) is 52.5 Å². The van der Waals surface area contributed by atoms with Crippen molar-refractivity contribution < 1.29 is 14.0 Å². The highest BCUT2D eigenvalue weighted by molar-refractivity contribution is 7.98. The Hall–Kier alpha value is -3.00. The first-order valence-corrected chi connectivity index (χ1v) is 10.8. The lowest BCUT2D eigenvalue weighted by Gasteiger charge is -2.12. The van der Waals surface area contributed by atoms with Crippen LogP contribution in [0.2, 0.25) is 0 Å². The van der Waals surface area contributed by atoms with Gasteiger partial charge in [-0.05, 0) is 43.2 Å². The maximum absolute atomic E-state index is 12.4. The molecule has 8 heteroatoms. The molecule has 0 spiro atoms. The zero-order chi connectivity index (χ0) is 21.5. The molecule has 0 aliphatic heterocycles. The van der Waals surface area contributed by atoms with Crippen LogP contribution >= 0.6 is 11.8 Å². The summed E-state index contributed by atoms with van der Waals surface area (Å²) in [6, 6.07) is 10.8. The molecule has 30 heavy (non-hydrogen) atoms. The molecule has 1 atom stereocenters. The van der Waals surface area contributed by atoms with Crippen molar-refractivity contribution in [3.8, 4) is 0 Å². The molecule has 2 heterocycles. The summed E-state index contributed by atoms with van der Waals surface area (Å²) in [5, 5.41) is 6.66. The summed E-state index contributed by atoms with van der Waals surface area (Å²) in [7, 11) is 1.93. The van der Waals surface area contributed by atoms with Crippen molar-refractivity contribution in [1.82, 2.24) is 20.2 Å². The van der Waals surface area contributed by atoms with E-state index in [2.05, 4.69) is 15.6 Å². The number of aryl methyl sites for hydroxylation is 1. The summed E-state index contributed by atoms with van der Waals surface area (Å²) in [6.45, 7) is 4.30. The summed E-state index contributed by atoms with van der Waals surface area (Å²) in [5.41, 5.74) is 1.42. The molecular formula is C22H26N4O3S. The second-order valence-corrected chi connectivity index (χ2v) is 7.98. The van der Waals surface area contributed by atoms with E-state index in [0.717, 1.165) is 17.1 Å². The molecule has 0 saturated heterocycles. The van der Waals surface area contributed by atoms with Crippen LogP contribution in [0.25, 0.3) is 0 Å². The number of hydrogen-bond donors (Lipinski definition) is 2. The molecule has 158 valence electrons. The van der Waals surface area contributed by atoms with Gasteiger partial charge in [-0.2, -0.15) is 0 Å². The van der Waals surface area contributed by atoms with Crippen LogP contribution in [0.4, 0.5) is 0 Å². The average molecular weight is 427 g/mol. The SMILES string of the molecule is CCC(C)NC(=O)c1cccc(CNC(=O)c2ccc(CSc3nccn3C)o2)c1. The lowest BCUT2D eigenvalue weighted by molar-refractivity contribution is 0.0920. The summed E-state index contributed by atoms with van der Waals surface area (Å²) in [5.74, 6) is 1.15. The summed E-state index contributed by atoms with van der Waals surface area (Å²) in [6.07, 6.45) is 4.49. The number of benzene rings is 1. The van der Waals surface area contributed by atoms with Crippen molar-refractivity contribution in [3.63, 3.8) is 0 Å². The Morgan fingerprint density at radius 1 is 1.23 bits per heavy atom. The van der Waals surface area contributed by atoms with E-state index in [-0.39, 0.29) is 23.6 Å². The highest BCUT2D eigenvalue weighted by Crippen LogP contribution is 2.22. The molecule has 0 aliphatic rings. The third-order valence-corrected chi connectivity index (χ3v) is 5.72. The van der Waals surface area contributed by atoms with E-state index < -0.39 is 0 Å². The van der Waals surface area contributed by atoms with Crippen LogP contribution in [0, 0.1) is 0 Å². The fraction of sp³-hybridized carbons (Fsp3) is 0.318. The summed E-state index contributed by atoms with van der Waals surface area (Å²) in [4.78, 5) is 28.9. The number of nitrogens with zero attached hydrogens (tertiary/aromatic N) is 2. The van der Waals surface area contributed by atoms with Gasteiger partial charge in [0.25, 0.3) is 11.8 Å². The van der Waals surface area contributed by atoms with Crippen molar-refractivity contribution in [2.24, 2.45) is 7.05 Å². The number of furan rings is 1. The van der Waals surface area contributed by atoms with Crippen molar-refractivity contribution in [2.75, 3.05) is 0 Å². The number of rotatable bonds is 9. The zero-order valence-corrected chi connectivity index (χ0v) is 18.2. The Bertz CT molecular complexity index is 1010. The number of aromatic nitrogens is 2. The lowest BCUT2D eigenvalue weighted by Crippen LogP contribution is -2.32. The van der Waals surface area contributed by atoms with E-state index in [1.54, 1.807) is 42.2 Å². The second-order valence-electron chi connectivity index (χ2n) is 7.04. The fourth-order valence-electron chi connectivity index (χ4n) is 2.71. The summed E-state index contributed by atoms with van der Waals surface area (Å²) >= 11 is 1.54. The molecule has 2 N–H and O–H groups in total. The number of hydrogen-bond acceptors (Lipinski definition) is 5. The third-order valence-electron chi connectivity index (χ3n) is 4.64. The van der Waals surface area contributed by atoms with Crippen LogP contribution in [-0.2, 0) is 19.3 Å².